The predicted molar refractivity (Wildman–Crippen MR) is 116 cm³/mol. The normalized spacial score (nSPS) is 12.7. The van der Waals surface area contributed by atoms with Gasteiger partial charge in [0.05, 0.1) is 0 Å². The van der Waals surface area contributed by atoms with E-state index in [9.17, 15) is 14.0 Å². The smallest absolute Gasteiger partial charge is 0.261 e. The third kappa shape index (κ3) is 6.58. The molecule has 0 saturated carbocycles. The monoisotopic (exact) mass is 414 g/mol. The Kier molecular flexibility index (Phi) is 8.84. The second-order valence-corrected chi connectivity index (χ2v) is 7.47. The molecule has 0 aliphatic rings. The average Bonchev–Trinajstić information content (AvgIpc) is 2.72. The van der Waals surface area contributed by atoms with Crippen molar-refractivity contribution in [3.63, 3.8) is 0 Å². The maximum Gasteiger partial charge on any atom is 0.261 e. The molecule has 0 aliphatic carbocycles. The topological polar surface area (TPSA) is 58.6 Å². The predicted octanol–water partition coefficient (Wildman–Crippen LogP) is 4.24. The van der Waals surface area contributed by atoms with E-state index < -0.39 is 11.9 Å². The van der Waals surface area contributed by atoms with Gasteiger partial charge in [0, 0.05) is 12.6 Å². The van der Waals surface area contributed by atoms with Crippen LogP contribution in [0.1, 0.15) is 44.7 Å². The second-order valence-electron chi connectivity index (χ2n) is 7.47. The van der Waals surface area contributed by atoms with Crippen LogP contribution in [0.2, 0.25) is 0 Å². The number of carbonyl (C=O) groups excluding carboxylic acids is 2. The van der Waals surface area contributed by atoms with E-state index in [1.807, 2.05) is 52.0 Å². The van der Waals surface area contributed by atoms with Gasteiger partial charge in [-0.05, 0) is 44.4 Å². The van der Waals surface area contributed by atoms with Crippen molar-refractivity contribution in [2.45, 2.75) is 59.2 Å². The number of hydrogen-bond acceptors (Lipinski definition) is 3. The molecule has 0 aromatic heterocycles. The highest BCUT2D eigenvalue weighted by Crippen LogP contribution is 2.17. The number of nitrogens with zero attached hydrogens (tertiary/aromatic N) is 1. The molecule has 0 spiro atoms. The first-order valence-corrected chi connectivity index (χ1v) is 10.4. The summed E-state index contributed by atoms with van der Waals surface area (Å²) in [5.74, 6) is -1.08. The first-order chi connectivity index (χ1) is 14.3. The van der Waals surface area contributed by atoms with Crippen molar-refractivity contribution in [2.24, 2.45) is 0 Å². The van der Waals surface area contributed by atoms with E-state index >= 15 is 0 Å². The summed E-state index contributed by atoms with van der Waals surface area (Å²) < 4.78 is 19.3. The van der Waals surface area contributed by atoms with E-state index in [0.29, 0.717) is 6.42 Å². The van der Waals surface area contributed by atoms with Crippen molar-refractivity contribution >= 4 is 11.8 Å². The van der Waals surface area contributed by atoms with Crippen molar-refractivity contribution in [2.75, 3.05) is 6.61 Å². The summed E-state index contributed by atoms with van der Waals surface area (Å²) in [4.78, 5) is 27.5. The lowest BCUT2D eigenvalue weighted by molar-refractivity contribution is -0.143. The zero-order valence-corrected chi connectivity index (χ0v) is 18.2. The van der Waals surface area contributed by atoms with E-state index in [0.717, 1.165) is 17.5 Å². The van der Waals surface area contributed by atoms with Crippen LogP contribution in [-0.4, -0.2) is 35.4 Å². The third-order valence-electron chi connectivity index (χ3n) is 5.01. The molecule has 6 heteroatoms. The molecule has 0 radical (unpaired) electrons. The van der Waals surface area contributed by atoms with E-state index in [1.54, 1.807) is 12.1 Å². The summed E-state index contributed by atoms with van der Waals surface area (Å²) in [6, 6.07) is 13.1. The fraction of sp³-hybridized carbons (Fsp3) is 0.417. The average molecular weight is 415 g/mol. The Hall–Kier alpha value is -2.89. The summed E-state index contributed by atoms with van der Waals surface area (Å²) in [5.41, 5.74) is 1.99. The van der Waals surface area contributed by atoms with Crippen LogP contribution in [-0.2, 0) is 16.1 Å². The summed E-state index contributed by atoms with van der Waals surface area (Å²) in [6.07, 6.45) is 1.25. The van der Waals surface area contributed by atoms with Gasteiger partial charge in [-0.15, -0.1) is 0 Å². The maximum atomic E-state index is 13.9. The molecular weight excluding hydrogens is 383 g/mol. The number of halogens is 1. The van der Waals surface area contributed by atoms with Gasteiger partial charge in [-0.1, -0.05) is 55.8 Å². The molecule has 0 unspecified atom stereocenters. The number of carbonyl (C=O) groups is 2. The second kappa shape index (κ2) is 11.3. The quantitative estimate of drug-likeness (QED) is 0.633. The van der Waals surface area contributed by atoms with Gasteiger partial charge in [0.1, 0.15) is 6.04 Å². The highest BCUT2D eigenvalue weighted by atomic mass is 19.1. The Morgan fingerprint density at radius 1 is 1.10 bits per heavy atom. The van der Waals surface area contributed by atoms with Crippen LogP contribution in [0.5, 0.6) is 5.75 Å². The van der Waals surface area contributed by atoms with Crippen LogP contribution in [0.15, 0.2) is 48.5 Å². The van der Waals surface area contributed by atoms with E-state index in [-0.39, 0.29) is 36.8 Å². The number of ether oxygens (including phenoxy) is 1. The molecular formula is C24H31FN2O3. The van der Waals surface area contributed by atoms with E-state index in [1.165, 1.54) is 17.0 Å². The van der Waals surface area contributed by atoms with Crippen LogP contribution in [0, 0.1) is 12.7 Å². The molecule has 1 N–H and O–H groups in total. The van der Waals surface area contributed by atoms with Crippen LogP contribution in [0.25, 0.3) is 0 Å². The van der Waals surface area contributed by atoms with Crippen molar-refractivity contribution < 1.29 is 18.7 Å². The summed E-state index contributed by atoms with van der Waals surface area (Å²) in [5, 5.41) is 2.96. The Morgan fingerprint density at radius 2 is 1.83 bits per heavy atom. The van der Waals surface area contributed by atoms with Gasteiger partial charge < -0.3 is 15.0 Å². The number of rotatable bonds is 10. The minimum absolute atomic E-state index is 0.0112. The molecule has 2 aromatic rings. The van der Waals surface area contributed by atoms with E-state index in [2.05, 4.69) is 5.32 Å². The van der Waals surface area contributed by atoms with Crippen molar-refractivity contribution in [3.05, 3.63) is 65.5 Å². The zero-order valence-electron chi connectivity index (χ0n) is 18.2. The van der Waals surface area contributed by atoms with E-state index in [4.69, 9.17) is 4.74 Å². The van der Waals surface area contributed by atoms with Gasteiger partial charge >= 0.3 is 0 Å². The van der Waals surface area contributed by atoms with Crippen molar-refractivity contribution in [1.82, 2.24) is 10.2 Å². The molecule has 0 saturated heterocycles. The Morgan fingerprint density at radius 3 is 2.47 bits per heavy atom. The molecule has 2 rings (SSSR count). The molecule has 5 nitrogen and oxygen atoms in total. The standard InChI is InChI=1S/C24H31FN2O3/c1-5-18(4)26-24(29)21(6-2)27(15-19-11-9-10-17(3)14-19)23(28)16-30-22-13-8-7-12-20(22)25/h7-14,18,21H,5-6,15-16H2,1-4H3,(H,26,29)/t18-,21-/m0/s1. The number of para-hydroxylation sites is 1. The third-order valence-corrected chi connectivity index (χ3v) is 5.01. The Balaban J connectivity index is 2.23. The lowest BCUT2D eigenvalue weighted by Gasteiger charge is -2.31. The molecule has 162 valence electrons. The molecule has 30 heavy (non-hydrogen) atoms. The first-order valence-electron chi connectivity index (χ1n) is 10.4. The number of benzene rings is 2. The van der Waals surface area contributed by atoms with Crippen LogP contribution in [0.4, 0.5) is 4.39 Å². The summed E-state index contributed by atoms with van der Waals surface area (Å²) in [7, 11) is 0. The van der Waals surface area contributed by atoms with Gasteiger partial charge in [0.25, 0.3) is 5.91 Å². The maximum absolute atomic E-state index is 13.9. The van der Waals surface area contributed by atoms with Crippen molar-refractivity contribution in [3.8, 4) is 5.75 Å². The fourth-order valence-electron chi connectivity index (χ4n) is 3.15. The summed E-state index contributed by atoms with van der Waals surface area (Å²) >= 11 is 0. The summed E-state index contributed by atoms with van der Waals surface area (Å²) in [6.45, 7) is 7.69. The molecule has 0 bridgehead atoms. The van der Waals surface area contributed by atoms with Gasteiger partial charge in [-0.25, -0.2) is 4.39 Å². The molecule has 2 atom stereocenters. The number of nitrogens with one attached hydrogen (secondary N) is 1. The molecule has 0 aliphatic heterocycles. The highest BCUT2D eigenvalue weighted by molar-refractivity contribution is 5.88. The lowest BCUT2D eigenvalue weighted by Crippen LogP contribution is -2.51. The number of hydrogen-bond donors (Lipinski definition) is 1. The Bertz CT molecular complexity index is 856. The van der Waals surface area contributed by atoms with Crippen LogP contribution >= 0.6 is 0 Å². The minimum atomic E-state index is -0.642. The molecule has 0 fully saturated rings. The van der Waals surface area contributed by atoms with Crippen LogP contribution < -0.4 is 10.1 Å². The van der Waals surface area contributed by atoms with Gasteiger partial charge in [0.15, 0.2) is 18.2 Å². The lowest BCUT2D eigenvalue weighted by atomic mass is 10.1. The fourth-order valence-corrected chi connectivity index (χ4v) is 3.15. The van der Waals surface area contributed by atoms with Gasteiger partial charge in [-0.3, -0.25) is 9.59 Å². The molecule has 2 amide bonds. The largest absolute Gasteiger partial charge is 0.481 e. The zero-order chi connectivity index (χ0) is 22.1. The van der Waals surface area contributed by atoms with Gasteiger partial charge in [-0.2, -0.15) is 0 Å². The SMILES string of the molecule is CC[C@H](C)NC(=O)[C@H](CC)N(Cc1cccc(C)c1)C(=O)COc1ccccc1F. The molecule has 2 aromatic carbocycles. The number of aryl methyl sites for hydroxylation is 1. The highest BCUT2D eigenvalue weighted by Gasteiger charge is 2.29. The minimum Gasteiger partial charge on any atom is -0.481 e. The van der Waals surface area contributed by atoms with Crippen molar-refractivity contribution in [1.29, 1.82) is 0 Å². The van der Waals surface area contributed by atoms with Crippen LogP contribution in [0.3, 0.4) is 0 Å². The number of amides is 2. The van der Waals surface area contributed by atoms with Gasteiger partial charge in [0.2, 0.25) is 5.91 Å². The molecule has 0 heterocycles. The Labute approximate surface area is 178 Å². The first kappa shape index (κ1) is 23.4.